The second-order valence-electron chi connectivity index (χ2n) is 13.2. The second-order valence-corrected chi connectivity index (χ2v) is 19.7. The van der Waals surface area contributed by atoms with E-state index in [1.165, 1.54) is 19.3 Å². The van der Waals surface area contributed by atoms with Crippen molar-refractivity contribution >= 4 is 26.8 Å². The number of hydrogen-bond acceptors (Lipinski definition) is 2. The van der Waals surface area contributed by atoms with Gasteiger partial charge in [-0.1, -0.05) is 75.0 Å². The molecule has 7 unspecified atom stereocenters. The summed E-state index contributed by atoms with van der Waals surface area (Å²) >= 11 is 0. The minimum atomic E-state index is -0.617. The largest absolute Gasteiger partial charge is 0.464 e. The van der Waals surface area contributed by atoms with Crippen LogP contribution in [0, 0.1) is 29.6 Å². The fourth-order valence-corrected chi connectivity index (χ4v) is 16.7. The fraction of sp³-hybridized carbons (Fsp3) is 0.667. The van der Waals surface area contributed by atoms with Gasteiger partial charge in [-0.15, -0.1) is 0 Å². The van der Waals surface area contributed by atoms with Gasteiger partial charge in [0.15, 0.2) is 0 Å². The van der Waals surface area contributed by atoms with E-state index in [1.807, 2.05) is 12.5 Å². The molecule has 5 rings (SSSR count). The molecule has 2 saturated carbocycles. The van der Waals surface area contributed by atoms with Gasteiger partial charge in [-0.25, -0.2) is 0 Å². The topological polar surface area (TPSA) is 26.3 Å². The van der Waals surface area contributed by atoms with Crippen LogP contribution >= 0.6 is 15.8 Å². The molecule has 3 aliphatic carbocycles. The summed E-state index contributed by atoms with van der Waals surface area (Å²) in [6, 6.07) is 8.49. The average Bonchev–Trinajstić information content (AvgIpc) is 3.47. The lowest BCUT2D eigenvalue weighted by Gasteiger charge is -2.50. The van der Waals surface area contributed by atoms with E-state index in [-0.39, 0.29) is 7.92 Å². The maximum atomic E-state index is 6.07. The van der Waals surface area contributed by atoms with Crippen LogP contribution in [0.4, 0.5) is 0 Å². The van der Waals surface area contributed by atoms with E-state index in [0.717, 1.165) is 46.3 Å². The molecular formula is C30H44O2P2. The first kappa shape index (κ1) is 24.8. The van der Waals surface area contributed by atoms with E-state index >= 15 is 0 Å². The highest BCUT2D eigenvalue weighted by molar-refractivity contribution is 7.72. The third-order valence-corrected chi connectivity index (χ3v) is 15.8. The van der Waals surface area contributed by atoms with E-state index in [1.54, 1.807) is 5.57 Å². The van der Waals surface area contributed by atoms with E-state index < -0.39 is 7.92 Å². The summed E-state index contributed by atoms with van der Waals surface area (Å²) in [6.45, 7) is 20.2. The summed E-state index contributed by atoms with van der Waals surface area (Å²) < 4.78 is 12.1. The third kappa shape index (κ3) is 4.30. The quantitative estimate of drug-likeness (QED) is 0.306. The highest BCUT2D eigenvalue weighted by Gasteiger charge is 2.56. The first-order valence-corrected chi connectivity index (χ1v) is 16.1. The normalized spacial score (nSPS) is 32.4. The Bertz CT molecular complexity index is 944. The first-order chi connectivity index (χ1) is 16.0. The van der Waals surface area contributed by atoms with Gasteiger partial charge in [0.25, 0.3) is 0 Å². The zero-order valence-electron chi connectivity index (χ0n) is 22.4. The molecule has 4 heteroatoms. The molecule has 2 fully saturated rings. The molecule has 2 aromatic rings. The van der Waals surface area contributed by atoms with Crippen LogP contribution in [0.15, 0.2) is 57.3 Å². The summed E-state index contributed by atoms with van der Waals surface area (Å²) in [7, 11) is -0.756. The number of rotatable bonds is 5. The lowest BCUT2D eigenvalue weighted by atomic mass is 9.78. The van der Waals surface area contributed by atoms with Crippen molar-refractivity contribution in [2.24, 2.45) is 29.6 Å². The molecule has 0 N–H and O–H groups in total. The van der Waals surface area contributed by atoms with Crippen LogP contribution < -0.4 is 11.0 Å². The van der Waals surface area contributed by atoms with Gasteiger partial charge in [0.2, 0.25) is 0 Å². The summed E-state index contributed by atoms with van der Waals surface area (Å²) in [5, 5.41) is 0.731. The van der Waals surface area contributed by atoms with Crippen molar-refractivity contribution < 1.29 is 8.83 Å². The molecule has 34 heavy (non-hydrogen) atoms. The monoisotopic (exact) mass is 498 g/mol. The zero-order valence-corrected chi connectivity index (χ0v) is 24.2. The van der Waals surface area contributed by atoms with Gasteiger partial charge in [0.05, 0.1) is 12.5 Å². The molecule has 7 atom stereocenters. The standard InChI is InChI=1S/C30H44O2P2/c1-19-22-15-21-16-23(24(18-22)28(19)20(2)34(29(3,4)5)30(6,7)8)25(17-21)33(26-11-9-13-31-26)27-12-10-14-32-27/h9-15,19-20,22-25,28H,16-18H2,1-8H3. The Balaban J connectivity index is 1.53. The van der Waals surface area contributed by atoms with Crippen molar-refractivity contribution in [2.75, 3.05) is 0 Å². The molecular weight excluding hydrogens is 454 g/mol. The maximum absolute atomic E-state index is 6.07. The van der Waals surface area contributed by atoms with Crippen molar-refractivity contribution in [1.29, 1.82) is 0 Å². The summed E-state index contributed by atoms with van der Waals surface area (Å²) in [5.41, 5.74) is 5.40. The van der Waals surface area contributed by atoms with Crippen LogP contribution in [0.5, 0.6) is 0 Å². The lowest BCUT2D eigenvalue weighted by molar-refractivity contribution is 0.235. The number of hydrogen-bond donors (Lipinski definition) is 0. The minimum Gasteiger partial charge on any atom is -0.464 e. The van der Waals surface area contributed by atoms with E-state index in [4.69, 9.17) is 8.83 Å². The predicted molar refractivity (Wildman–Crippen MR) is 148 cm³/mol. The number of allylic oxidation sites excluding steroid dienone is 2. The van der Waals surface area contributed by atoms with Gasteiger partial charge in [-0.2, -0.15) is 0 Å². The predicted octanol–water partition coefficient (Wildman–Crippen LogP) is 8.38. The van der Waals surface area contributed by atoms with E-state index in [0.29, 0.717) is 16.0 Å². The SMILES string of the molecule is CC1C2C=C3CC(C(C2)C1C(C)P(C(C)(C)C)C(C)(C)C)C(P(c1ccco1)c1ccco1)C3. The molecule has 2 heterocycles. The highest BCUT2D eigenvalue weighted by Crippen LogP contribution is 2.69. The van der Waals surface area contributed by atoms with Crippen molar-refractivity contribution in [2.45, 2.75) is 96.3 Å². The molecule has 0 spiro atoms. The molecule has 3 aliphatic rings. The van der Waals surface area contributed by atoms with Crippen molar-refractivity contribution in [3.63, 3.8) is 0 Å². The maximum Gasteiger partial charge on any atom is 0.133 e. The Morgan fingerprint density at radius 1 is 0.882 bits per heavy atom. The van der Waals surface area contributed by atoms with Gasteiger partial charge in [0.1, 0.15) is 11.0 Å². The van der Waals surface area contributed by atoms with Gasteiger partial charge < -0.3 is 8.83 Å². The molecule has 186 valence electrons. The molecule has 2 aromatic heterocycles. The Hall–Kier alpha value is -0.840. The van der Waals surface area contributed by atoms with Crippen LogP contribution in [0.1, 0.15) is 74.7 Å². The van der Waals surface area contributed by atoms with Crippen molar-refractivity contribution in [3.05, 3.63) is 48.4 Å². The average molecular weight is 499 g/mol. The van der Waals surface area contributed by atoms with Gasteiger partial charge in [-0.05, 0) is 89.1 Å². The summed E-state index contributed by atoms with van der Waals surface area (Å²) in [4.78, 5) is 0. The highest BCUT2D eigenvalue weighted by atomic mass is 31.1. The van der Waals surface area contributed by atoms with Gasteiger partial charge in [0, 0.05) is 13.6 Å². The molecule has 0 saturated heterocycles. The van der Waals surface area contributed by atoms with Crippen LogP contribution in [0.25, 0.3) is 0 Å². The summed E-state index contributed by atoms with van der Waals surface area (Å²) in [6.07, 6.45) is 10.3. The Morgan fingerprint density at radius 2 is 1.47 bits per heavy atom. The number of furan rings is 2. The van der Waals surface area contributed by atoms with Gasteiger partial charge >= 0.3 is 0 Å². The van der Waals surface area contributed by atoms with Crippen LogP contribution in [-0.4, -0.2) is 21.6 Å². The molecule has 0 radical (unpaired) electrons. The van der Waals surface area contributed by atoms with E-state index in [9.17, 15) is 0 Å². The Morgan fingerprint density at radius 3 is 1.97 bits per heavy atom. The smallest absolute Gasteiger partial charge is 0.133 e. The molecule has 0 amide bonds. The van der Waals surface area contributed by atoms with Crippen LogP contribution in [-0.2, 0) is 0 Å². The third-order valence-electron chi connectivity index (χ3n) is 9.01. The van der Waals surface area contributed by atoms with E-state index in [2.05, 4.69) is 85.7 Å². The zero-order chi connectivity index (χ0) is 24.4. The molecule has 4 bridgehead atoms. The van der Waals surface area contributed by atoms with Crippen molar-refractivity contribution in [3.8, 4) is 0 Å². The summed E-state index contributed by atoms with van der Waals surface area (Å²) in [5.74, 6) is 3.91. The second kappa shape index (κ2) is 8.92. The first-order valence-electron chi connectivity index (χ1n) is 13.3. The number of fused-ring (bicyclic) bond motifs is 5. The molecule has 0 aromatic carbocycles. The van der Waals surface area contributed by atoms with Crippen LogP contribution in [0.2, 0.25) is 0 Å². The molecule has 0 aliphatic heterocycles. The Kier molecular flexibility index (Phi) is 6.52. The van der Waals surface area contributed by atoms with Gasteiger partial charge in [-0.3, -0.25) is 0 Å². The van der Waals surface area contributed by atoms with Crippen molar-refractivity contribution in [1.82, 2.24) is 0 Å². The lowest BCUT2D eigenvalue weighted by Crippen LogP contribution is -2.39. The Labute approximate surface area is 209 Å². The fourth-order valence-electron chi connectivity index (χ4n) is 8.59. The minimum absolute atomic E-state index is 0.139. The van der Waals surface area contributed by atoms with Crippen LogP contribution in [0.3, 0.4) is 0 Å². The molecule has 2 nitrogen and oxygen atoms in total.